The number of aliphatic hydroxyl groups excluding tert-OH is 5. The van der Waals surface area contributed by atoms with E-state index in [1.54, 1.807) is 47.4 Å². The Labute approximate surface area is 271 Å². The maximum Gasteiger partial charge on any atom is 0.233 e. The number of ether oxygens (including phenoxy) is 1. The number of carbonyl (C=O) groups is 1. The predicted molar refractivity (Wildman–Crippen MR) is 172 cm³/mol. The molecule has 2 aliphatic heterocycles. The predicted octanol–water partition coefficient (Wildman–Crippen LogP) is 4.32. The van der Waals surface area contributed by atoms with Crippen LogP contribution in [0.2, 0.25) is 0 Å². The van der Waals surface area contributed by atoms with E-state index >= 15 is 0 Å². The van der Waals surface area contributed by atoms with Gasteiger partial charge in [-0.05, 0) is 71.8 Å². The third-order valence-corrected chi connectivity index (χ3v) is 9.31. The molecule has 1 amide bonds. The summed E-state index contributed by atoms with van der Waals surface area (Å²) in [6.45, 7) is -0.516. The molecular weight excluding hydrogens is 605 g/mol. The van der Waals surface area contributed by atoms with Crippen LogP contribution in [0.25, 0.3) is 11.1 Å². The van der Waals surface area contributed by atoms with E-state index in [0.717, 1.165) is 11.3 Å². The molecule has 0 aliphatic carbocycles. The Hall–Kier alpha value is -4.16. The number of phenols is 1. The second-order valence-electron chi connectivity index (χ2n) is 12.2. The number of anilines is 1. The molecule has 9 nitrogen and oxygen atoms in total. The number of benzene rings is 4. The van der Waals surface area contributed by atoms with Crippen molar-refractivity contribution in [2.24, 2.45) is 5.92 Å². The average Bonchev–Trinajstić information content (AvgIpc) is 3.09. The zero-order chi connectivity index (χ0) is 33.2. The molecule has 2 aliphatic rings. The van der Waals surface area contributed by atoms with Crippen molar-refractivity contribution >= 4 is 11.6 Å². The maximum atomic E-state index is 13.5. The molecule has 6 N–H and O–H groups in total. The monoisotopic (exact) mass is 643 g/mol. The fourth-order valence-corrected chi connectivity index (χ4v) is 6.66. The molecule has 2 saturated heterocycles. The second kappa shape index (κ2) is 13.9. The highest BCUT2D eigenvalue weighted by Gasteiger charge is 2.49. The molecular formula is C37H38FNO8. The van der Waals surface area contributed by atoms with Crippen molar-refractivity contribution in [2.45, 2.75) is 61.9 Å². The molecule has 8 atom stereocenters. The van der Waals surface area contributed by atoms with E-state index in [1.807, 2.05) is 42.5 Å². The van der Waals surface area contributed by atoms with E-state index in [0.29, 0.717) is 41.5 Å². The molecule has 10 heteroatoms. The highest BCUT2D eigenvalue weighted by atomic mass is 19.1. The van der Waals surface area contributed by atoms with Gasteiger partial charge in [0.1, 0.15) is 42.1 Å². The molecule has 246 valence electrons. The van der Waals surface area contributed by atoms with Crippen LogP contribution in [0.15, 0.2) is 97.1 Å². The van der Waals surface area contributed by atoms with Crippen LogP contribution in [0.5, 0.6) is 5.75 Å². The van der Waals surface area contributed by atoms with Gasteiger partial charge in [-0.1, -0.05) is 66.7 Å². The summed E-state index contributed by atoms with van der Waals surface area (Å²) in [5.74, 6) is -0.828. The van der Waals surface area contributed by atoms with Crippen LogP contribution in [0.4, 0.5) is 10.1 Å². The number of rotatable bonds is 10. The Balaban J connectivity index is 1.20. The van der Waals surface area contributed by atoms with Gasteiger partial charge >= 0.3 is 0 Å². The molecule has 4 aromatic carbocycles. The third kappa shape index (κ3) is 6.53. The highest BCUT2D eigenvalue weighted by Crippen LogP contribution is 2.49. The average molecular weight is 644 g/mol. The quantitative estimate of drug-likeness (QED) is 0.140. The zero-order valence-corrected chi connectivity index (χ0v) is 25.5. The van der Waals surface area contributed by atoms with Gasteiger partial charge in [0.2, 0.25) is 5.91 Å². The van der Waals surface area contributed by atoms with Crippen LogP contribution in [0.3, 0.4) is 0 Å². The number of carbonyl (C=O) groups excluding carboxylic acids is 1. The fraction of sp³-hybridized carbons (Fsp3) is 0.324. The summed E-state index contributed by atoms with van der Waals surface area (Å²) in [5, 5.41) is 62.2. The summed E-state index contributed by atoms with van der Waals surface area (Å²) in [7, 11) is 0. The number of β-lactam (4-membered cyclic amide) rings is 1. The minimum absolute atomic E-state index is 0.0234. The first-order valence-electron chi connectivity index (χ1n) is 15.7. The van der Waals surface area contributed by atoms with E-state index < -0.39 is 55.2 Å². The van der Waals surface area contributed by atoms with Gasteiger partial charge in [-0.2, -0.15) is 0 Å². The second-order valence-corrected chi connectivity index (χ2v) is 12.2. The van der Waals surface area contributed by atoms with E-state index in [9.17, 15) is 39.8 Å². The Kier molecular flexibility index (Phi) is 9.70. The van der Waals surface area contributed by atoms with Gasteiger partial charge in [0, 0.05) is 11.3 Å². The largest absolute Gasteiger partial charge is 0.508 e. The first kappa shape index (κ1) is 32.8. The number of hydrogen-bond acceptors (Lipinski definition) is 8. The van der Waals surface area contributed by atoms with Crippen LogP contribution in [-0.4, -0.2) is 67.6 Å². The zero-order valence-electron chi connectivity index (χ0n) is 25.5. The molecule has 1 unspecified atom stereocenters. The van der Waals surface area contributed by atoms with Crippen LogP contribution in [0, 0.1) is 11.7 Å². The molecule has 0 aromatic heterocycles. The first-order valence-corrected chi connectivity index (χ1v) is 15.7. The lowest BCUT2D eigenvalue weighted by atomic mass is 9.78. The molecule has 47 heavy (non-hydrogen) atoms. The third-order valence-electron chi connectivity index (χ3n) is 9.31. The van der Waals surface area contributed by atoms with Gasteiger partial charge in [-0.15, -0.1) is 0 Å². The van der Waals surface area contributed by atoms with Crippen LogP contribution in [-0.2, 0) is 9.53 Å². The Morgan fingerprint density at radius 3 is 2.17 bits per heavy atom. The number of phenolic OH excluding ortho intramolecular Hbond substituents is 1. The molecule has 0 bridgehead atoms. The number of aliphatic hydroxyl groups is 5. The number of hydrogen-bond donors (Lipinski definition) is 6. The number of amides is 1. The Morgan fingerprint density at radius 1 is 0.830 bits per heavy atom. The van der Waals surface area contributed by atoms with Crippen molar-refractivity contribution in [3.05, 3.63) is 120 Å². The van der Waals surface area contributed by atoms with Crippen molar-refractivity contribution in [2.75, 3.05) is 11.5 Å². The van der Waals surface area contributed by atoms with Crippen LogP contribution >= 0.6 is 0 Å². The summed E-state index contributed by atoms with van der Waals surface area (Å²) >= 11 is 0. The van der Waals surface area contributed by atoms with Gasteiger partial charge < -0.3 is 40.3 Å². The minimum Gasteiger partial charge on any atom is -0.508 e. The maximum absolute atomic E-state index is 13.5. The van der Waals surface area contributed by atoms with Crippen molar-refractivity contribution in [3.63, 3.8) is 0 Å². The van der Waals surface area contributed by atoms with Gasteiger partial charge in [-0.3, -0.25) is 4.79 Å². The van der Waals surface area contributed by atoms with Crippen molar-refractivity contribution in [1.29, 1.82) is 0 Å². The van der Waals surface area contributed by atoms with Gasteiger partial charge in [0.15, 0.2) is 0 Å². The van der Waals surface area contributed by atoms with E-state index in [2.05, 4.69) is 0 Å². The molecule has 2 fully saturated rings. The Morgan fingerprint density at radius 2 is 1.51 bits per heavy atom. The smallest absolute Gasteiger partial charge is 0.233 e. The number of para-hydroxylation sites is 1. The number of aromatic hydroxyl groups is 1. The normalized spacial score (nSPS) is 26.6. The standard InChI is InChI=1S/C37H38FNO8/c38-25-16-13-22(14-17-25)29(41)8-4-7-28-32(39(37(28)46)26-5-2-1-3-6-26)27-18-15-24(19-30(27)42)21-9-11-23(12-10-21)36-35(45)34(44)33(43)31(20-40)47-36/h1-3,5-6,9-19,28-29,31-36,40-45H,4,7-8,20H2/t28-,29+,31-,32-,33-,34+,35-,36?/m1/s1. The molecule has 2 heterocycles. The highest BCUT2D eigenvalue weighted by molar-refractivity contribution is 6.03. The molecule has 0 saturated carbocycles. The molecule has 4 aromatic rings. The first-order chi connectivity index (χ1) is 22.7. The van der Waals surface area contributed by atoms with E-state index in [-0.39, 0.29) is 17.5 Å². The van der Waals surface area contributed by atoms with Crippen LogP contribution in [0.1, 0.15) is 54.2 Å². The van der Waals surface area contributed by atoms with E-state index in [4.69, 9.17) is 4.74 Å². The van der Waals surface area contributed by atoms with E-state index in [1.165, 1.54) is 12.1 Å². The van der Waals surface area contributed by atoms with Gasteiger partial charge in [0.05, 0.1) is 24.7 Å². The summed E-state index contributed by atoms with van der Waals surface area (Å²) in [4.78, 5) is 15.1. The van der Waals surface area contributed by atoms with Crippen molar-refractivity contribution in [3.8, 4) is 16.9 Å². The van der Waals surface area contributed by atoms with Crippen molar-refractivity contribution in [1.82, 2.24) is 0 Å². The lowest BCUT2D eigenvalue weighted by Gasteiger charge is -2.48. The number of nitrogens with zero attached hydrogens (tertiary/aromatic N) is 1. The summed E-state index contributed by atoms with van der Waals surface area (Å²) in [6, 6.07) is 26.9. The van der Waals surface area contributed by atoms with Gasteiger partial charge in [-0.25, -0.2) is 4.39 Å². The molecule has 0 spiro atoms. The summed E-state index contributed by atoms with van der Waals surface area (Å²) in [6.07, 6.45) is -5.62. The number of halogens is 1. The fourth-order valence-electron chi connectivity index (χ4n) is 6.66. The summed E-state index contributed by atoms with van der Waals surface area (Å²) < 4.78 is 19.0. The SMILES string of the molecule is O=C1[C@H](CCC[C@H](O)c2ccc(F)cc2)[C@@H](c2ccc(-c3ccc(C4O[C@H](CO)[C@@H](O)[C@H](O)[C@H]4O)cc3)cc2O)N1c1ccccc1. The lowest BCUT2D eigenvalue weighted by Crippen LogP contribution is -2.55. The molecule has 0 radical (unpaired) electrons. The topological polar surface area (TPSA) is 151 Å². The summed E-state index contributed by atoms with van der Waals surface area (Å²) in [5.41, 5.74) is 3.95. The Bertz CT molecular complexity index is 1670. The minimum atomic E-state index is -1.48. The lowest BCUT2D eigenvalue weighted by molar-refractivity contribution is -0.231. The van der Waals surface area contributed by atoms with Crippen LogP contribution < -0.4 is 4.90 Å². The van der Waals surface area contributed by atoms with Crippen molar-refractivity contribution < 1.29 is 44.6 Å². The van der Waals surface area contributed by atoms with Gasteiger partial charge in [0.25, 0.3) is 0 Å². The molecule has 6 rings (SSSR count).